The molecule has 0 aromatic heterocycles. The highest BCUT2D eigenvalue weighted by Gasteiger charge is 2.02. The van der Waals surface area contributed by atoms with Gasteiger partial charge in [0.15, 0.2) is 0 Å². The van der Waals surface area contributed by atoms with Gasteiger partial charge in [-0.25, -0.2) is 4.39 Å². The Balaban J connectivity index is 1.54. The first-order valence-electron chi connectivity index (χ1n) is 8.52. The van der Waals surface area contributed by atoms with Crippen molar-refractivity contribution in [1.29, 1.82) is 0 Å². The molecule has 4 nitrogen and oxygen atoms in total. The molecule has 0 saturated carbocycles. The summed E-state index contributed by atoms with van der Waals surface area (Å²) >= 11 is 0. The summed E-state index contributed by atoms with van der Waals surface area (Å²) < 4.78 is 18.0. The molecule has 0 unspecified atom stereocenters. The maximum Gasteiger partial charge on any atom is 0.221 e. The third-order valence-corrected chi connectivity index (χ3v) is 3.90. The lowest BCUT2D eigenvalue weighted by molar-refractivity contribution is -0.120. The molecule has 2 N–H and O–H groups in total. The number of rotatable bonds is 10. The molecule has 25 heavy (non-hydrogen) atoms. The lowest BCUT2D eigenvalue weighted by Gasteiger charge is -2.08. The average Bonchev–Trinajstić information content (AvgIpc) is 2.63. The zero-order valence-corrected chi connectivity index (χ0v) is 14.6. The number of amides is 1. The number of carbonyl (C=O) groups is 1. The summed E-state index contributed by atoms with van der Waals surface area (Å²) in [5.41, 5.74) is 2.22. The maximum atomic E-state index is 12.8. The quantitative estimate of drug-likeness (QED) is 0.652. The van der Waals surface area contributed by atoms with Gasteiger partial charge >= 0.3 is 0 Å². The molecule has 0 heterocycles. The number of carbonyl (C=O) groups excluding carboxylic acids is 1. The average molecular weight is 344 g/mol. The molecule has 0 radical (unpaired) electrons. The van der Waals surface area contributed by atoms with E-state index in [1.54, 1.807) is 19.2 Å². The molecule has 5 heteroatoms. The standard InChI is InChI=1S/C20H25FN2O2/c1-25-19-4-2-3-17(15-19)10-14-23-20(24)11-13-22-12-9-16-5-7-18(21)8-6-16/h2-8,15,22H,9-14H2,1H3,(H,23,24). The lowest BCUT2D eigenvalue weighted by atomic mass is 10.1. The van der Waals surface area contributed by atoms with Gasteiger partial charge in [0.25, 0.3) is 0 Å². The third-order valence-electron chi connectivity index (χ3n) is 3.90. The van der Waals surface area contributed by atoms with Crippen molar-refractivity contribution in [1.82, 2.24) is 10.6 Å². The minimum Gasteiger partial charge on any atom is -0.497 e. The number of hydrogen-bond donors (Lipinski definition) is 2. The molecular formula is C20H25FN2O2. The molecule has 0 saturated heterocycles. The Labute approximate surface area is 148 Å². The van der Waals surface area contributed by atoms with Crippen LogP contribution in [0, 0.1) is 5.82 Å². The summed E-state index contributed by atoms with van der Waals surface area (Å²) in [5, 5.41) is 6.15. The smallest absolute Gasteiger partial charge is 0.221 e. The van der Waals surface area contributed by atoms with Gasteiger partial charge in [0.05, 0.1) is 7.11 Å². The zero-order valence-electron chi connectivity index (χ0n) is 14.6. The molecule has 0 bridgehead atoms. The summed E-state index contributed by atoms with van der Waals surface area (Å²) in [6.07, 6.45) is 2.04. The van der Waals surface area contributed by atoms with Gasteiger partial charge in [-0.05, 0) is 54.8 Å². The molecular weight excluding hydrogens is 319 g/mol. The van der Waals surface area contributed by atoms with E-state index in [2.05, 4.69) is 10.6 Å². The summed E-state index contributed by atoms with van der Waals surface area (Å²) in [5.74, 6) is 0.647. The van der Waals surface area contributed by atoms with E-state index in [4.69, 9.17) is 4.74 Å². The van der Waals surface area contributed by atoms with Crippen LogP contribution in [0.3, 0.4) is 0 Å². The topological polar surface area (TPSA) is 50.4 Å². The molecule has 0 fully saturated rings. The van der Waals surface area contributed by atoms with Crippen molar-refractivity contribution < 1.29 is 13.9 Å². The van der Waals surface area contributed by atoms with Gasteiger partial charge < -0.3 is 15.4 Å². The van der Waals surface area contributed by atoms with Crippen molar-refractivity contribution in [2.45, 2.75) is 19.3 Å². The van der Waals surface area contributed by atoms with Crippen molar-refractivity contribution in [2.24, 2.45) is 0 Å². The predicted molar refractivity (Wildman–Crippen MR) is 97.3 cm³/mol. The first kappa shape index (κ1) is 18.9. The van der Waals surface area contributed by atoms with Gasteiger partial charge in [0.2, 0.25) is 5.91 Å². The van der Waals surface area contributed by atoms with Crippen LogP contribution in [0.1, 0.15) is 17.5 Å². The highest BCUT2D eigenvalue weighted by molar-refractivity contribution is 5.76. The van der Waals surface area contributed by atoms with Crippen LogP contribution in [0.4, 0.5) is 4.39 Å². The largest absolute Gasteiger partial charge is 0.497 e. The second-order valence-corrected chi connectivity index (χ2v) is 5.83. The number of nitrogens with one attached hydrogen (secondary N) is 2. The van der Waals surface area contributed by atoms with Crippen molar-refractivity contribution in [2.75, 3.05) is 26.7 Å². The summed E-state index contributed by atoms with van der Waals surface area (Å²) in [7, 11) is 1.64. The molecule has 134 valence electrons. The van der Waals surface area contributed by atoms with Crippen molar-refractivity contribution in [3.05, 3.63) is 65.5 Å². The predicted octanol–water partition coefficient (Wildman–Crippen LogP) is 2.72. The highest BCUT2D eigenvalue weighted by Crippen LogP contribution is 2.12. The molecule has 2 aromatic carbocycles. The fourth-order valence-corrected chi connectivity index (χ4v) is 2.47. The van der Waals surface area contributed by atoms with Crippen LogP contribution < -0.4 is 15.4 Å². The van der Waals surface area contributed by atoms with E-state index in [-0.39, 0.29) is 11.7 Å². The van der Waals surface area contributed by atoms with Gasteiger partial charge in [-0.1, -0.05) is 24.3 Å². The number of benzene rings is 2. The van der Waals surface area contributed by atoms with E-state index in [0.29, 0.717) is 19.5 Å². The number of methoxy groups -OCH3 is 1. The zero-order chi connectivity index (χ0) is 17.9. The fraction of sp³-hybridized carbons (Fsp3) is 0.350. The van der Waals surface area contributed by atoms with Crippen molar-refractivity contribution >= 4 is 5.91 Å². The van der Waals surface area contributed by atoms with Gasteiger partial charge in [-0.2, -0.15) is 0 Å². The second kappa shape index (κ2) is 10.5. The minimum atomic E-state index is -0.220. The fourth-order valence-electron chi connectivity index (χ4n) is 2.47. The molecule has 0 aliphatic heterocycles. The molecule has 2 rings (SSSR count). The molecule has 0 aliphatic rings. The Morgan fingerprint density at radius 3 is 2.52 bits per heavy atom. The third kappa shape index (κ3) is 7.35. The van der Waals surface area contributed by atoms with Crippen LogP contribution in [0.5, 0.6) is 5.75 Å². The number of halogens is 1. The van der Waals surface area contributed by atoms with E-state index in [0.717, 1.165) is 36.3 Å². The van der Waals surface area contributed by atoms with Gasteiger partial charge in [-0.3, -0.25) is 4.79 Å². The van der Waals surface area contributed by atoms with Crippen LogP contribution in [-0.2, 0) is 17.6 Å². The monoisotopic (exact) mass is 344 g/mol. The Bertz CT molecular complexity index is 659. The Hall–Kier alpha value is -2.40. The molecule has 2 aromatic rings. The lowest BCUT2D eigenvalue weighted by Crippen LogP contribution is -2.29. The van der Waals surface area contributed by atoms with E-state index >= 15 is 0 Å². The van der Waals surface area contributed by atoms with Crippen LogP contribution >= 0.6 is 0 Å². The van der Waals surface area contributed by atoms with Gasteiger partial charge in [-0.15, -0.1) is 0 Å². The van der Waals surface area contributed by atoms with Crippen LogP contribution in [0.2, 0.25) is 0 Å². The molecule has 0 atom stereocenters. The van der Waals surface area contributed by atoms with E-state index < -0.39 is 0 Å². The highest BCUT2D eigenvalue weighted by atomic mass is 19.1. The van der Waals surface area contributed by atoms with Crippen LogP contribution in [-0.4, -0.2) is 32.7 Å². The first-order chi connectivity index (χ1) is 12.2. The number of ether oxygens (including phenoxy) is 1. The summed E-state index contributed by atoms with van der Waals surface area (Å²) in [4.78, 5) is 11.8. The first-order valence-corrected chi connectivity index (χ1v) is 8.52. The Kier molecular flexibility index (Phi) is 7.92. The number of hydrogen-bond acceptors (Lipinski definition) is 3. The molecule has 0 aliphatic carbocycles. The molecule has 1 amide bonds. The Morgan fingerprint density at radius 2 is 1.76 bits per heavy atom. The Morgan fingerprint density at radius 1 is 1.00 bits per heavy atom. The summed E-state index contributed by atoms with van der Waals surface area (Å²) in [6, 6.07) is 14.3. The van der Waals surface area contributed by atoms with Crippen LogP contribution in [0.25, 0.3) is 0 Å². The van der Waals surface area contributed by atoms with Crippen LogP contribution in [0.15, 0.2) is 48.5 Å². The second-order valence-electron chi connectivity index (χ2n) is 5.83. The van der Waals surface area contributed by atoms with Crippen molar-refractivity contribution in [3.8, 4) is 5.75 Å². The van der Waals surface area contributed by atoms with E-state index in [1.165, 1.54) is 12.1 Å². The van der Waals surface area contributed by atoms with E-state index in [9.17, 15) is 9.18 Å². The van der Waals surface area contributed by atoms with Gasteiger partial charge in [0, 0.05) is 19.5 Å². The maximum absolute atomic E-state index is 12.8. The minimum absolute atomic E-state index is 0.0391. The van der Waals surface area contributed by atoms with E-state index in [1.807, 2.05) is 24.3 Å². The summed E-state index contributed by atoms with van der Waals surface area (Å²) in [6.45, 7) is 2.01. The molecule has 0 spiro atoms. The normalized spacial score (nSPS) is 10.5. The SMILES string of the molecule is COc1cccc(CCNC(=O)CCNCCc2ccc(F)cc2)c1. The van der Waals surface area contributed by atoms with Crippen molar-refractivity contribution in [3.63, 3.8) is 0 Å². The van der Waals surface area contributed by atoms with Gasteiger partial charge in [0.1, 0.15) is 11.6 Å².